The second kappa shape index (κ2) is 7.02. The molecule has 2 amide bonds. The number of carbonyl (C=O) groups is 2. The standard InChI is InChI=1S/C12H17N5O3S/c1-7(18)15-10(12(2,3)21-17-20)11(19)16-9-5-4-8(13)6-14-9/h4-6,10H,13H2,1-3H3,(H,15,18)(H,14,16,19)/t10-/m0/s1. The van der Waals surface area contributed by atoms with Gasteiger partial charge in [0.1, 0.15) is 11.9 Å². The van der Waals surface area contributed by atoms with Crippen molar-refractivity contribution >= 4 is 35.3 Å². The molecule has 0 bridgehead atoms. The lowest BCUT2D eigenvalue weighted by molar-refractivity contribution is -0.125. The van der Waals surface area contributed by atoms with Crippen LogP contribution in [0.2, 0.25) is 0 Å². The SMILES string of the molecule is CC(=O)N[C@@H](C(=O)Nc1ccc(N)cn1)C(C)(C)SN=O. The number of anilines is 2. The molecule has 0 radical (unpaired) electrons. The van der Waals surface area contributed by atoms with Crippen molar-refractivity contribution in [1.82, 2.24) is 10.3 Å². The van der Waals surface area contributed by atoms with Gasteiger partial charge in [-0.05, 0) is 26.0 Å². The smallest absolute Gasteiger partial charge is 0.249 e. The predicted octanol–water partition coefficient (Wildman–Crippen LogP) is 1.30. The van der Waals surface area contributed by atoms with Gasteiger partial charge in [0, 0.05) is 23.5 Å². The van der Waals surface area contributed by atoms with Crippen LogP contribution in [0.3, 0.4) is 0 Å². The summed E-state index contributed by atoms with van der Waals surface area (Å²) >= 11 is 0.678. The van der Waals surface area contributed by atoms with Crippen LogP contribution >= 0.6 is 11.9 Å². The van der Waals surface area contributed by atoms with E-state index in [4.69, 9.17) is 5.73 Å². The fourth-order valence-corrected chi connectivity index (χ4v) is 2.05. The van der Waals surface area contributed by atoms with E-state index in [-0.39, 0.29) is 5.91 Å². The third kappa shape index (κ3) is 5.03. The summed E-state index contributed by atoms with van der Waals surface area (Å²) in [6.45, 7) is 4.56. The molecular weight excluding hydrogens is 294 g/mol. The topological polar surface area (TPSA) is 127 Å². The second-order valence-corrected chi connectivity index (χ2v) is 6.25. The maximum absolute atomic E-state index is 12.3. The van der Waals surface area contributed by atoms with Crippen molar-refractivity contribution in [3.63, 3.8) is 0 Å². The molecule has 0 unspecified atom stereocenters. The van der Waals surface area contributed by atoms with E-state index in [0.29, 0.717) is 23.5 Å². The Balaban J connectivity index is 2.91. The van der Waals surface area contributed by atoms with Crippen molar-refractivity contribution in [3.8, 4) is 0 Å². The van der Waals surface area contributed by atoms with E-state index in [1.165, 1.54) is 19.2 Å². The lowest BCUT2D eigenvalue weighted by atomic mass is 10.0. The molecule has 0 aromatic carbocycles. The van der Waals surface area contributed by atoms with Crippen molar-refractivity contribution in [3.05, 3.63) is 23.2 Å². The molecule has 0 aliphatic carbocycles. The Morgan fingerprint density at radius 1 is 1.43 bits per heavy atom. The number of nitrogen functional groups attached to an aromatic ring is 1. The molecule has 1 aromatic heterocycles. The molecule has 1 heterocycles. The number of aromatic nitrogens is 1. The van der Waals surface area contributed by atoms with Crippen LogP contribution in [0.25, 0.3) is 0 Å². The van der Waals surface area contributed by atoms with Gasteiger partial charge in [-0.15, -0.1) is 4.91 Å². The first-order valence-corrected chi connectivity index (χ1v) is 6.84. The largest absolute Gasteiger partial charge is 0.397 e. The number of nitrogens with one attached hydrogen (secondary N) is 2. The van der Waals surface area contributed by atoms with Crippen LogP contribution in [0.1, 0.15) is 20.8 Å². The highest BCUT2D eigenvalue weighted by Crippen LogP contribution is 2.29. The average Bonchev–Trinajstić information content (AvgIpc) is 2.38. The predicted molar refractivity (Wildman–Crippen MR) is 82.3 cm³/mol. The molecule has 4 N–H and O–H groups in total. The van der Waals surface area contributed by atoms with Crippen LogP contribution in [0.5, 0.6) is 0 Å². The van der Waals surface area contributed by atoms with Crippen LogP contribution in [0.4, 0.5) is 11.5 Å². The number of nitrogens with two attached hydrogens (primary N) is 1. The quantitative estimate of drug-likeness (QED) is 0.537. The number of nitrogens with zero attached hydrogens (tertiary/aromatic N) is 2. The zero-order valence-corrected chi connectivity index (χ0v) is 12.7. The Morgan fingerprint density at radius 3 is 2.57 bits per heavy atom. The van der Waals surface area contributed by atoms with Crippen molar-refractivity contribution < 1.29 is 9.59 Å². The molecule has 0 fully saturated rings. The van der Waals surface area contributed by atoms with E-state index in [1.54, 1.807) is 19.9 Å². The van der Waals surface area contributed by atoms with Gasteiger partial charge < -0.3 is 16.4 Å². The summed E-state index contributed by atoms with van der Waals surface area (Å²) in [6, 6.07) is 2.18. The number of carbonyl (C=O) groups excluding carboxylic acids is 2. The molecule has 8 nitrogen and oxygen atoms in total. The van der Waals surface area contributed by atoms with E-state index in [0.717, 1.165) is 0 Å². The zero-order chi connectivity index (χ0) is 16.0. The number of pyridine rings is 1. The Hall–Kier alpha value is -2.16. The molecule has 0 saturated heterocycles. The number of amides is 2. The highest BCUT2D eigenvalue weighted by molar-refractivity contribution is 7.99. The minimum Gasteiger partial charge on any atom is -0.397 e. The van der Waals surface area contributed by atoms with E-state index < -0.39 is 16.7 Å². The van der Waals surface area contributed by atoms with Crippen molar-refractivity contribution in [2.75, 3.05) is 11.1 Å². The average molecular weight is 311 g/mol. The van der Waals surface area contributed by atoms with Gasteiger partial charge in [-0.1, -0.05) is 0 Å². The minimum absolute atomic E-state index is 0.296. The van der Waals surface area contributed by atoms with Gasteiger partial charge in [-0.2, -0.15) is 0 Å². The zero-order valence-electron chi connectivity index (χ0n) is 11.9. The number of hydrogen-bond donors (Lipinski definition) is 3. The van der Waals surface area contributed by atoms with Crippen molar-refractivity contribution in [2.45, 2.75) is 31.6 Å². The molecule has 0 aliphatic rings. The van der Waals surface area contributed by atoms with Gasteiger partial charge in [0.05, 0.1) is 16.6 Å². The van der Waals surface area contributed by atoms with E-state index in [9.17, 15) is 14.5 Å². The van der Waals surface area contributed by atoms with E-state index in [2.05, 4.69) is 20.2 Å². The fraction of sp³-hybridized carbons (Fsp3) is 0.417. The Kier molecular flexibility index (Phi) is 5.65. The van der Waals surface area contributed by atoms with Gasteiger partial charge in [0.25, 0.3) is 0 Å². The first-order chi connectivity index (χ1) is 9.76. The van der Waals surface area contributed by atoms with Crippen LogP contribution in [-0.4, -0.2) is 27.6 Å². The van der Waals surface area contributed by atoms with Crippen molar-refractivity contribution in [2.24, 2.45) is 4.58 Å². The lowest BCUT2D eigenvalue weighted by Crippen LogP contribution is -2.54. The molecule has 0 spiro atoms. The molecular formula is C12H17N5O3S. The molecule has 114 valence electrons. The summed E-state index contributed by atoms with van der Waals surface area (Å²) in [6.07, 6.45) is 1.40. The normalized spacial score (nSPS) is 12.3. The van der Waals surface area contributed by atoms with Crippen LogP contribution in [0, 0.1) is 4.91 Å². The first kappa shape index (κ1) is 16.9. The fourth-order valence-electron chi connectivity index (χ4n) is 1.58. The maximum atomic E-state index is 12.3. The van der Waals surface area contributed by atoms with Crippen molar-refractivity contribution in [1.29, 1.82) is 0 Å². The highest BCUT2D eigenvalue weighted by Gasteiger charge is 2.37. The second-order valence-electron chi connectivity index (χ2n) is 4.87. The number of rotatable bonds is 6. The molecule has 1 aromatic rings. The van der Waals surface area contributed by atoms with E-state index in [1.807, 2.05) is 0 Å². The summed E-state index contributed by atoms with van der Waals surface area (Å²) in [4.78, 5) is 38.0. The molecule has 0 aliphatic heterocycles. The summed E-state index contributed by atoms with van der Waals surface area (Å²) in [5.41, 5.74) is 5.97. The molecule has 9 heteroatoms. The van der Waals surface area contributed by atoms with Crippen LogP contribution < -0.4 is 16.4 Å². The van der Waals surface area contributed by atoms with Crippen LogP contribution in [0.15, 0.2) is 22.9 Å². The highest BCUT2D eigenvalue weighted by atomic mass is 32.2. The summed E-state index contributed by atoms with van der Waals surface area (Å²) in [5.74, 6) is -0.590. The summed E-state index contributed by atoms with van der Waals surface area (Å²) in [7, 11) is 0. The third-order valence-electron chi connectivity index (χ3n) is 2.62. The Labute approximate surface area is 126 Å². The Bertz CT molecular complexity index is 532. The molecule has 1 atom stereocenters. The third-order valence-corrected chi connectivity index (χ3v) is 3.40. The molecule has 0 saturated carbocycles. The monoisotopic (exact) mass is 311 g/mol. The Morgan fingerprint density at radius 2 is 2.10 bits per heavy atom. The number of nitroso groups, excluding NO2 is 1. The van der Waals surface area contributed by atoms with Gasteiger partial charge in [-0.25, -0.2) is 4.98 Å². The lowest BCUT2D eigenvalue weighted by Gasteiger charge is -2.29. The van der Waals surface area contributed by atoms with Gasteiger partial charge >= 0.3 is 0 Å². The minimum atomic E-state index is -0.947. The van der Waals surface area contributed by atoms with Gasteiger partial charge in [0.2, 0.25) is 11.8 Å². The summed E-state index contributed by atoms with van der Waals surface area (Å²) < 4.78 is 1.83. The van der Waals surface area contributed by atoms with Gasteiger partial charge in [-0.3, -0.25) is 9.59 Å². The molecule has 21 heavy (non-hydrogen) atoms. The maximum Gasteiger partial charge on any atom is 0.249 e. The summed E-state index contributed by atoms with van der Waals surface area (Å²) in [5, 5.41) is 5.07. The molecule has 1 rings (SSSR count). The van der Waals surface area contributed by atoms with E-state index >= 15 is 0 Å². The first-order valence-electron chi connectivity index (χ1n) is 6.06. The van der Waals surface area contributed by atoms with Crippen LogP contribution in [-0.2, 0) is 9.59 Å². The number of hydrogen-bond acceptors (Lipinski definition) is 7. The van der Waals surface area contributed by atoms with Gasteiger partial charge in [0.15, 0.2) is 0 Å².